The Hall–Kier alpha value is -3.64. The second-order valence-electron chi connectivity index (χ2n) is 7.71. The van der Waals surface area contributed by atoms with Crippen molar-refractivity contribution >= 4 is 28.6 Å². The highest BCUT2D eigenvalue weighted by atomic mass is 19.4. The monoisotopic (exact) mass is 468 g/mol. The number of hydrogen-bond donors (Lipinski definition) is 2. The van der Waals surface area contributed by atoms with E-state index in [0.29, 0.717) is 6.20 Å². The molecule has 2 aromatic heterocycles. The lowest BCUT2D eigenvalue weighted by atomic mass is 9.84. The fourth-order valence-corrected chi connectivity index (χ4v) is 4.04. The fraction of sp³-hybridized carbons (Fsp3) is 0.300. The highest BCUT2D eigenvalue weighted by Crippen LogP contribution is 2.56. The zero-order valence-corrected chi connectivity index (χ0v) is 16.4. The molecule has 0 radical (unpaired) electrons. The second kappa shape index (κ2) is 7.18. The standard InChI is InChI=1S/C20H14F6N6O/c21-12-2-1-9(4-10(12)19(17(22)23)11-5-14(11)33-18(27)32-19)31-16-15-13(29-7-30-16)3-8(6-28-15)20(24,25)26/h1-4,6-7,11,14,17H,5H2,(H2,27,32)(H,29,30,31)/t11-,14+,19+/m0/s1. The van der Waals surface area contributed by atoms with Crippen LogP contribution in [0.25, 0.3) is 11.0 Å². The van der Waals surface area contributed by atoms with Crippen LogP contribution in [-0.2, 0) is 16.5 Å². The van der Waals surface area contributed by atoms with Crippen LogP contribution >= 0.6 is 0 Å². The fourth-order valence-electron chi connectivity index (χ4n) is 4.04. The quantitative estimate of drug-likeness (QED) is 0.559. The summed E-state index contributed by atoms with van der Waals surface area (Å²) in [6, 6.07) is 3.77. The molecular formula is C20H14F6N6O. The van der Waals surface area contributed by atoms with Gasteiger partial charge in [-0.25, -0.2) is 28.1 Å². The Morgan fingerprint density at radius 1 is 1.15 bits per heavy atom. The van der Waals surface area contributed by atoms with E-state index in [0.717, 1.165) is 24.5 Å². The zero-order chi connectivity index (χ0) is 23.5. The lowest BCUT2D eigenvalue weighted by Gasteiger charge is -2.33. The zero-order valence-electron chi connectivity index (χ0n) is 16.4. The summed E-state index contributed by atoms with van der Waals surface area (Å²) in [5.41, 5.74) is 2.05. The highest BCUT2D eigenvalue weighted by Gasteiger charge is 2.64. The van der Waals surface area contributed by atoms with Crippen LogP contribution in [0.1, 0.15) is 17.5 Å². The molecule has 0 spiro atoms. The molecule has 0 unspecified atom stereocenters. The van der Waals surface area contributed by atoms with Crippen molar-refractivity contribution < 1.29 is 31.1 Å². The molecule has 33 heavy (non-hydrogen) atoms. The van der Waals surface area contributed by atoms with Crippen molar-refractivity contribution in [2.45, 2.75) is 30.7 Å². The molecule has 3 aromatic rings. The summed E-state index contributed by atoms with van der Waals surface area (Å²) in [6.45, 7) is 0. The Morgan fingerprint density at radius 3 is 2.67 bits per heavy atom. The number of alkyl halides is 5. The van der Waals surface area contributed by atoms with Crippen molar-refractivity contribution in [3.05, 3.63) is 53.7 Å². The van der Waals surface area contributed by atoms with Crippen molar-refractivity contribution in [3.63, 3.8) is 0 Å². The molecule has 5 rings (SSSR count). The highest BCUT2D eigenvalue weighted by molar-refractivity contribution is 5.87. The summed E-state index contributed by atoms with van der Waals surface area (Å²) in [6.07, 6.45) is -6.36. The third kappa shape index (κ3) is 3.47. The van der Waals surface area contributed by atoms with Gasteiger partial charge in [0.05, 0.1) is 11.1 Å². The summed E-state index contributed by atoms with van der Waals surface area (Å²) >= 11 is 0. The SMILES string of the molecule is NC1=N[C@@](c2cc(Nc3ncnc4cc(C(F)(F)F)cnc34)ccc2F)(C(F)F)[C@H]2C[C@H]2O1. The molecule has 7 nitrogen and oxygen atoms in total. The largest absolute Gasteiger partial charge is 0.462 e. The van der Waals surface area contributed by atoms with E-state index in [9.17, 15) is 26.3 Å². The van der Waals surface area contributed by atoms with E-state index >= 15 is 0 Å². The molecule has 0 amide bonds. The maximum Gasteiger partial charge on any atom is 0.417 e. The first-order chi connectivity index (χ1) is 15.6. The first kappa shape index (κ1) is 21.2. The van der Waals surface area contributed by atoms with Crippen LogP contribution in [0.3, 0.4) is 0 Å². The number of hydrogen-bond acceptors (Lipinski definition) is 7. The predicted molar refractivity (Wildman–Crippen MR) is 104 cm³/mol. The number of benzene rings is 1. The predicted octanol–water partition coefficient (Wildman–Crippen LogP) is 4.12. The van der Waals surface area contributed by atoms with Crippen LogP contribution in [0.5, 0.6) is 0 Å². The maximum atomic E-state index is 14.8. The smallest absolute Gasteiger partial charge is 0.417 e. The van der Waals surface area contributed by atoms with Crippen LogP contribution in [0.4, 0.5) is 37.8 Å². The number of nitrogens with two attached hydrogens (primary N) is 1. The van der Waals surface area contributed by atoms with Crippen molar-refractivity contribution in [1.82, 2.24) is 15.0 Å². The van der Waals surface area contributed by atoms with E-state index in [1.54, 1.807) is 0 Å². The summed E-state index contributed by atoms with van der Waals surface area (Å²) in [5, 5.41) is 2.79. The minimum absolute atomic E-state index is 0.00976. The lowest BCUT2D eigenvalue weighted by molar-refractivity contribution is -0.137. The van der Waals surface area contributed by atoms with Gasteiger partial charge in [-0.3, -0.25) is 4.98 Å². The van der Waals surface area contributed by atoms with E-state index < -0.39 is 47.6 Å². The number of halogens is 6. The number of aliphatic imine (C=N–C) groups is 1. The Morgan fingerprint density at radius 2 is 1.94 bits per heavy atom. The molecule has 3 N–H and O–H groups in total. The minimum Gasteiger partial charge on any atom is -0.462 e. The molecule has 3 atom stereocenters. The van der Waals surface area contributed by atoms with Gasteiger partial charge in [0.2, 0.25) is 0 Å². The number of pyridine rings is 1. The van der Waals surface area contributed by atoms with E-state index in [1.807, 2.05) is 0 Å². The van der Waals surface area contributed by atoms with Gasteiger partial charge in [-0.2, -0.15) is 13.2 Å². The van der Waals surface area contributed by atoms with Gasteiger partial charge >= 0.3 is 6.18 Å². The number of nitrogens with zero attached hydrogens (tertiary/aromatic N) is 4. The topological polar surface area (TPSA) is 98.3 Å². The normalized spacial score (nSPS) is 24.3. The van der Waals surface area contributed by atoms with Gasteiger partial charge in [-0.15, -0.1) is 0 Å². The van der Waals surface area contributed by atoms with Gasteiger partial charge in [0.25, 0.3) is 12.4 Å². The van der Waals surface area contributed by atoms with Gasteiger partial charge in [-0.05, 0) is 30.7 Å². The number of anilines is 2. The number of ether oxygens (including phenoxy) is 1. The summed E-state index contributed by atoms with van der Waals surface area (Å²) in [4.78, 5) is 15.4. The third-order valence-electron chi connectivity index (χ3n) is 5.66. The Labute approximate surface area is 181 Å². The molecule has 1 aliphatic carbocycles. The van der Waals surface area contributed by atoms with Crippen molar-refractivity contribution in [1.29, 1.82) is 0 Å². The second-order valence-corrected chi connectivity index (χ2v) is 7.71. The molecule has 2 aliphatic rings. The molecule has 0 saturated heterocycles. The molecule has 1 saturated carbocycles. The molecule has 1 aliphatic heterocycles. The average Bonchev–Trinajstić information content (AvgIpc) is 3.53. The number of nitrogens with one attached hydrogen (secondary N) is 1. The lowest BCUT2D eigenvalue weighted by Crippen LogP contribution is -2.43. The molecule has 172 valence electrons. The van der Waals surface area contributed by atoms with Gasteiger partial charge in [0.1, 0.15) is 23.8 Å². The number of aromatic nitrogens is 3. The van der Waals surface area contributed by atoms with Crippen LogP contribution < -0.4 is 11.1 Å². The average molecular weight is 468 g/mol. The third-order valence-corrected chi connectivity index (χ3v) is 5.66. The van der Waals surface area contributed by atoms with Crippen LogP contribution in [0.2, 0.25) is 0 Å². The Kier molecular flexibility index (Phi) is 4.62. The number of rotatable bonds is 4. The number of fused-ring (bicyclic) bond motifs is 2. The van der Waals surface area contributed by atoms with Crippen LogP contribution in [0, 0.1) is 11.7 Å². The van der Waals surface area contributed by atoms with Gasteiger partial charge in [0, 0.05) is 23.4 Å². The number of amidine groups is 1. The molecular weight excluding hydrogens is 454 g/mol. The molecule has 13 heteroatoms. The molecule has 3 heterocycles. The first-order valence-corrected chi connectivity index (χ1v) is 9.64. The van der Waals surface area contributed by atoms with E-state index in [2.05, 4.69) is 25.3 Å². The molecule has 1 aromatic carbocycles. The summed E-state index contributed by atoms with van der Waals surface area (Å²) in [7, 11) is 0. The van der Waals surface area contributed by atoms with Crippen molar-refractivity contribution in [2.75, 3.05) is 5.32 Å². The summed E-state index contributed by atoms with van der Waals surface area (Å²) < 4.78 is 87.4. The van der Waals surface area contributed by atoms with Crippen molar-refractivity contribution in [3.8, 4) is 0 Å². The molecule has 0 bridgehead atoms. The van der Waals surface area contributed by atoms with Crippen LogP contribution in [0.15, 0.2) is 41.8 Å². The summed E-state index contributed by atoms with van der Waals surface area (Å²) in [5.74, 6) is -1.65. The maximum absolute atomic E-state index is 14.8. The van der Waals surface area contributed by atoms with E-state index in [4.69, 9.17) is 10.5 Å². The van der Waals surface area contributed by atoms with E-state index in [-0.39, 0.29) is 34.5 Å². The Bertz CT molecular complexity index is 1280. The first-order valence-electron chi connectivity index (χ1n) is 9.64. The van der Waals surface area contributed by atoms with Crippen LogP contribution in [-0.4, -0.2) is 33.5 Å². The minimum atomic E-state index is -4.61. The van der Waals surface area contributed by atoms with Gasteiger partial charge in [-0.1, -0.05) is 0 Å². The van der Waals surface area contributed by atoms with E-state index in [1.165, 1.54) is 6.07 Å². The Balaban J connectivity index is 1.56. The van der Waals surface area contributed by atoms with Gasteiger partial charge in [0.15, 0.2) is 11.4 Å². The van der Waals surface area contributed by atoms with Crippen molar-refractivity contribution in [2.24, 2.45) is 16.6 Å². The molecule has 1 fully saturated rings. The van der Waals surface area contributed by atoms with Gasteiger partial charge < -0.3 is 15.8 Å².